The van der Waals surface area contributed by atoms with Gasteiger partial charge in [0.1, 0.15) is 5.82 Å². The predicted octanol–water partition coefficient (Wildman–Crippen LogP) is 3.22. The minimum absolute atomic E-state index is 0.219. The van der Waals surface area contributed by atoms with Crippen molar-refractivity contribution < 1.29 is 4.39 Å². The average Bonchev–Trinajstić information content (AvgIpc) is 2.71. The number of rotatable bonds is 2. The Balaban J connectivity index is 2.69. The highest BCUT2D eigenvalue weighted by Gasteiger charge is 2.16. The van der Waals surface area contributed by atoms with Crippen molar-refractivity contribution in [2.75, 3.05) is 0 Å². The number of hydrogen-bond acceptors (Lipinski definition) is 2. The summed E-state index contributed by atoms with van der Waals surface area (Å²) in [6.07, 6.45) is 1.82. The van der Waals surface area contributed by atoms with E-state index < -0.39 is 0 Å². The summed E-state index contributed by atoms with van der Waals surface area (Å²) >= 11 is 0. The topological polar surface area (TPSA) is 41.6 Å². The minimum atomic E-state index is -0.345. The van der Waals surface area contributed by atoms with Gasteiger partial charge >= 0.3 is 0 Å². The Labute approximate surface area is 105 Å². The lowest BCUT2D eigenvalue weighted by atomic mass is 9.96. The van der Waals surface area contributed by atoms with Gasteiger partial charge in [-0.25, -0.2) is 4.39 Å². The molecule has 0 amide bonds. The molecule has 0 fully saturated rings. The second kappa shape index (κ2) is 4.61. The summed E-state index contributed by atoms with van der Waals surface area (Å²) in [6, 6.07) is 6.28. The van der Waals surface area contributed by atoms with Crippen LogP contribution < -0.4 is 0 Å². The highest BCUT2D eigenvalue weighted by atomic mass is 19.1. The maximum atomic E-state index is 13.4. The average molecular weight is 243 g/mol. The molecule has 1 aromatic carbocycles. The van der Waals surface area contributed by atoms with Gasteiger partial charge in [-0.3, -0.25) is 4.68 Å². The maximum Gasteiger partial charge on any atom is 0.123 e. The van der Waals surface area contributed by atoms with Gasteiger partial charge in [-0.05, 0) is 24.1 Å². The molecule has 92 valence electrons. The summed E-state index contributed by atoms with van der Waals surface area (Å²) in [4.78, 5) is 0. The fourth-order valence-corrected chi connectivity index (χ4v) is 1.98. The third-order valence-corrected chi connectivity index (χ3v) is 2.80. The van der Waals surface area contributed by atoms with Gasteiger partial charge in [0.15, 0.2) is 0 Å². The largest absolute Gasteiger partial charge is 0.275 e. The van der Waals surface area contributed by atoms with Gasteiger partial charge in [0.2, 0.25) is 0 Å². The highest BCUT2D eigenvalue weighted by Crippen LogP contribution is 2.30. The number of benzene rings is 1. The summed E-state index contributed by atoms with van der Waals surface area (Å²) < 4.78 is 15.1. The fraction of sp³-hybridized carbons (Fsp3) is 0.286. The van der Waals surface area contributed by atoms with E-state index in [0.717, 1.165) is 11.3 Å². The molecule has 0 spiro atoms. The monoisotopic (exact) mass is 243 g/mol. The molecular weight excluding hydrogens is 229 g/mol. The molecule has 0 N–H and O–H groups in total. The van der Waals surface area contributed by atoms with Gasteiger partial charge in [0, 0.05) is 24.4 Å². The van der Waals surface area contributed by atoms with E-state index in [2.05, 4.69) is 11.2 Å². The molecule has 0 unspecified atom stereocenters. The van der Waals surface area contributed by atoms with Crippen molar-refractivity contribution in [2.24, 2.45) is 7.05 Å². The number of halogens is 1. The van der Waals surface area contributed by atoms with Crippen molar-refractivity contribution >= 4 is 0 Å². The molecule has 0 saturated carbocycles. The number of hydrogen-bond donors (Lipinski definition) is 0. The Morgan fingerprint density at radius 2 is 2.06 bits per heavy atom. The molecule has 1 aromatic heterocycles. The molecule has 0 bridgehead atoms. The quantitative estimate of drug-likeness (QED) is 0.812. The minimum Gasteiger partial charge on any atom is -0.275 e. The number of aromatic nitrogens is 2. The third kappa shape index (κ3) is 2.12. The first-order chi connectivity index (χ1) is 8.52. The second-order valence-electron chi connectivity index (χ2n) is 4.56. The van der Waals surface area contributed by atoms with E-state index in [-0.39, 0.29) is 11.7 Å². The molecule has 0 aliphatic heterocycles. The van der Waals surface area contributed by atoms with E-state index in [0.29, 0.717) is 11.1 Å². The summed E-state index contributed by atoms with van der Waals surface area (Å²) in [5.74, 6) is -0.126. The van der Waals surface area contributed by atoms with Crippen LogP contribution in [0.25, 0.3) is 11.1 Å². The summed E-state index contributed by atoms with van der Waals surface area (Å²) in [5.41, 5.74) is 2.77. The van der Waals surface area contributed by atoms with Gasteiger partial charge in [-0.2, -0.15) is 10.4 Å². The third-order valence-electron chi connectivity index (χ3n) is 2.80. The summed E-state index contributed by atoms with van der Waals surface area (Å²) in [6.45, 7) is 4.05. The Bertz CT molecular complexity index is 620. The van der Waals surface area contributed by atoms with Crippen LogP contribution >= 0.6 is 0 Å². The zero-order valence-corrected chi connectivity index (χ0v) is 10.6. The lowest BCUT2D eigenvalue weighted by Crippen LogP contribution is -1.94. The van der Waals surface area contributed by atoms with Crippen LogP contribution in [0.15, 0.2) is 24.4 Å². The fourth-order valence-electron chi connectivity index (χ4n) is 1.98. The molecule has 1 heterocycles. The first kappa shape index (κ1) is 12.3. The molecule has 0 saturated heterocycles. The van der Waals surface area contributed by atoms with Crippen molar-refractivity contribution in [2.45, 2.75) is 19.8 Å². The summed E-state index contributed by atoms with van der Waals surface area (Å²) in [5, 5.41) is 13.5. The zero-order valence-electron chi connectivity index (χ0n) is 10.6. The van der Waals surface area contributed by atoms with Gasteiger partial charge < -0.3 is 0 Å². The van der Waals surface area contributed by atoms with Crippen LogP contribution in [0.1, 0.15) is 31.0 Å². The first-order valence-electron chi connectivity index (χ1n) is 5.76. The van der Waals surface area contributed by atoms with Crippen molar-refractivity contribution in [3.8, 4) is 17.2 Å². The smallest absolute Gasteiger partial charge is 0.123 e. The zero-order chi connectivity index (χ0) is 13.3. The molecule has 2 rings (SSSR count). The van der Waals surface area contributed by atoms with E-state index in [1.54, 1.807) is 4.68 Å². The molecule has 3 nitrogen and oxygen atoms in total. The Hall–Kier alpha value is -2.15. The van der Waals surface area contributed by atoms with Crippen LogP contribution in [0.3, 0.4) is 0 Å². The van der Waals surface area contributed by atoms with Crippen LogP contribution in [0.5, 0.6) is 0 Å². The van der Waals surface area contributed by atoms with Crippen molar-refractivity contribution in [3.63, 3.8) is 0 Å². The standard InChI is InChI=1S/C14H14FN3/c1-9(2)14-13(8-18(3)17-14)12-6-11(15)5-4-10(12)7-16/h4-6,8-9H,1-3H3. The second-order valence-corrected chi connectivity index (χ2v) is 4.56. The molecule has 0 aliphatic carbocycles. The predicted molar refractivity (Wildman–Crippen MR) is 67.4 cm³/mol. The van der Waals surface area contributed by atoms with Crippen molar-refractivity contribution in [1.82, 2.24) is 9.78 Å². The Morgan fingerprint density at radius 3 is 2.67 bits per heavy atom. The van der Waals surface area contributed by atoms with E-state index in [9.17, 15) is 4.39 Å². The Morgan fingerprint density at radius 1 is 1.33 bits per heavy atom. The number of nitrogens with zero attached hydrogens (tertiary/aromatic N) is 3. The van der Waals surface area contributed by atoms with Crippen LogP contribution in [-0.2, 0) is 7.05 Å². The van der Waals surface area contributed by atoms with Crippen LogP contribution in [0, 0.1) is 17.1 Å². The van der Waals surface area contributed by atoms with Crippen LogP contribution in [0.4, 0.5) is 4.39 Å². The van der Waals surface area contributed by atoms with Crippen LogP contribution in [-0.4, -0.2) is 9.78 Å². The van der Waals surface area contributed by atoms with E-state index in [1.807, 2.05) is 27.1 Å². The highest BCUT2D eigenvalue weighted by molar-refractivity contribution is 5.72. The SMILES string of the molecule is CC(C)c1nn(C)cc1-c1cc(F)ccc1C#N. The molecule has 18 heavy (non-hydrogen) atoms. The number of aryl methyl sites for hydroxylation is 1. The van der Waals surface area contributed by atoms with Gasteiger partial charge in [0.05, 0.1) is 17.3 Å². The lowest BCUT2D eigenvalue weighted by Gasteiger charge is -2.07. The molecule has 0 aliphatic rings. The maximum absolute atomic E-state index is 13.4. The lowest BCUT2D eigenvalue weighted by molar-refractivity contribution is 0.628. The number of nitriles is 1. The molecule has 0 radical (unpaired) electrons. The molecular formula is C14H14FN3. The van der Waals surface area contributed by atoms with Crippen LogP contribution in [0.2, 0.25) is 0 Å². The normalized spacial score (nSPS) is 10.7. The van der Waals surface area contributed by atoms with E-state index >= 15 is 0 Å². The summed E-state index contributed by atoms with van der Waals surface area (Å²) in [7, 11) is 1.82. The van der Waals surface area contributed by atoms with Gasteiger partial charge in [0.25, 0.3) is 0 Å². The van der Waals surface area contributed by atoms with Gasteiger partial charge in [-0.1, -0.05) is 13.8 Å². The molecule has 4 heteroatoms. The Kier molecular flexibility index (Phi) is 3.15. The first-order valence-corrected chi connectivity index (χ1v) is 5.76. The van der Waals surface area contributed by atoms with Gasteiger partial charge in [-0.15, -0.1) is 0 Å². The van der Waals surface area contributed by atoms with E-state index in [4.69, 9.17) is 5.26 Å². The van der Waals surface area contributed by atoms with E-state index in [1.165, 1.54) is 18.2 Å². The van der Waals surface area contributed by atoms with Crippen molar-refractivity contribution in [3.05, 3.63) is 41.5 Å². The van der Waals surface area contributed by atoms with Crippen molar-refractivity contribution in [1.29, 1.82) is 5.26 Å². The molecule has 0 atom stereocenters. The molecule has 2 aromatic rings.